The van der Waals surface area contributed by atoms with Crippen LogP contribution in [0.15, 0.2) is 0 Å². The van der Waals surface area contributed by atoms with Crippen LogP contribution < -0.4 is 5.32 Å². The van der Waals surface area contributed by atoms with Gasteiger partial charge in [-0.05, 0) is 19.3 Å². The number of rotatable bonds is 6. The first-order chi connectivity index (χ1) is 9.29. The number of carboxylic acids is 1. The van der Waals surface area contributed by atoms with Crippen molar-refractivity contribution in [3.8, 4) is 0 Å². The predicted octanol–water partition coefficient (Wildman–Crippen LogP) is 0.961. The van der Waals surface area contributed by atoms with Gasteiger partial charge in [0.25, 0.3) is 0 Å². The highest BCUT2D eigenvalue weighted by Crippen LogP contribution is 2.23. The Morgan fingerprint density at radius 1 is 1.20 bits per heavy atom. The first-order valence-electron chi connectivity index (χ1n) is 7.00. The van der Waals surface area contributed by atoms with E-state index in [4.69, 9.17) is 5.11 Å². The Bertz CT molecular complexity index is 438. The Kier molecular flexibility index (Phi) is 6.45. The third kappa shape index (κ3) is 6.36. The standard InChI is InChI=1S/C13H23NO5S/c1-20(18,19)9-8-11(13(16)17)14-12(15)10-6-4-2-3-5-7-10/h10-11H,2-9H2,1H3,(H,14,15)(H,16,17). The van der Waals surface area contributed by atoms with Gasteiger partial charge in [-0.2, -0.15) is 0 Å². The fourth-order valence-corrected chi connectivity index (χ4v) is 3.08. The molecule has 0 aliphatic heterocycles. The summed E-state index contributed by atoms with van der Waals surface area (Å²) < 4.78 is 22.2. The second-order valence-corrected chi connectivity index (χ2v) is 7.77. The van der Waals surface area contributed by atoms with Gasteiger partial charge < -0.3 is 10.4 Å². The summed E-state index contributed by atoms with van der Waals surface area (Å²) in [7, 11) is -3.23. The first-order valence-corrected chi connectivity index (χ1v) is 9.06. The number of sulfone groups is 1. The summed E-state index contributed by atoms with van der Waals surface area (Å²) in [6.45, 7) is 0. The summed E-state index contributed by atoms with van der Waals surface area (Å²) in [6, 6.07) is -1.12. The Labute approximate surface area is 119 Å². The van der Waals surface area contributed by atoms with Crippen LogP contribution >= 0.6 is 0 Å². The van der Waals surface area contributed by atoms with E-state index in [0.717, 1.165) is 44.8 Å². The molecule has 0 aromatic carbocycles. The average Bonchev–Trinajstić information content (AvgIpc) is 2.61. The monoisotopic (exact) mass is 305 g/mol. The molecule has 0 aromatic rings. The fourth-order valence-electron chi connectivity index (χ4n) is 2.42. The van der Waals surface area contributed by atoms with E-state index in [1.165, 1.54) is 0 Å². The third-order valence-electron chi connectivity index (χ3n) is 3.62. The molecule has 0 saturated heterocycles. The zero-order valence-electron chi connectivity index (χ0n) is 11.8. The van der Waals surface area contributed by atoms with Crippen molar-refractivity contribution in [1.82, 2.24) is 5.32 Å². The van der Waals surface area contributed by atoms with Crippen LogP contribution in [0, 0.1) is 5.92 Å². The van der Waals surface area contributed by atoms with E-state index >= 15 is 0 Å². The van der Waals surface area contributed by atoms with Gasteiger partial charge in [-0.3, -0.25) is 4.79 Å². The summed E-state index contributed by atoms with van der Waals surface area (Å²) in [5, 5.41) is 11.5. The lowest BCUT2D eigenvalue weighted by atomic mass is 9.99. The van der Waals surface area contributed by atoms with E-state index in [1.54, 1.807) is 0 Å². The molecule has 1 aliphatic rings. The van der Waals surface area contributed by atoms with Gasteiger partial charge >= 0.3 is 5.97 Å². The first kappa shape index (κ1) is 16.9. The molecular weight excluding hydrogens is 282 g/mol. The van der Waals surface area contributed by atoms with Gasteiger partial charge in [-0.15, -0.1) is 0 Å². The number of aliphatic carboxylic acids is 1. The van der Waals surface area contributed by atoms with Gasteiger partial charge in [0.2, 0.25) is 5.91 Å². The maximum Gasteiger partial charge on any atom is 0.326 e. The van der Waals surface area contributed by atoms with Gasteiger partial charge in [-0.1, -0.05) is 25.7 Å². The molecule has 2 N–H and O–H groups in total. The molecule has 0 aromatic heterocycles. The van der Waals surface area contributed by atoms with Crippen LogP contribution in [0.4, 0.5) is 0 Å². The maximum absolute atomic E-state index is 12.1. The van der Waals surface area contributed by atoms with Crippen LogP contribution in [-0.2, 0) is 19.4 Å². The van der Waals surface area contributed by atoms with Crippen molar-refractivity contribution >= 4 is 21.7 Å². The van der Waals surface area contributed by atoms with E-state index in [2.05, 4.69) is 5.32 Å². The van der Waals surface area contributed by atoms with Crippen molar-refractivity contribution in [2.75, 3.05) is 12.0 Å². The number of carboxylic acid groups (broad SMARTS) is 1. The second kappa shape index (κ2) is 7.61. The van der Waals surface area contributed by atoms with Crippen LogP contribution in [0.2, 0.25) is 0 Å². The van der Waals surface area contributed by atoms with Gasteiger partial charge in [0.1, 0.15) is 15.9 Å². The summed E-state index contributed by atoms with van der Waals surface area (Å²) in [5.74, 6) is -1.82. The minimum Gasteiger partial charge on any atom is -0.480 e. The van der Waals surface area contributed by atoms with Crippen LogP contribution in [0.25, 0.3) is 0 Å². The Morgan fingerprint density at radius 3 is 2.20 bits per heavy atom. The molecule has 116 valence electrons. The van der Waals surface area contributed by atoms with Crippen molar-refractivity contribution in [2.45, 2.75) is 51.0 Å². The third-order valence-corrected chi connectivity index (χ3v) is 4.60. The summed E-state index contributed by atoms with van der Waals surface area (Å²) in [5.41, 5.74) is 0. The van der Waals surface area contributed by atoms with Crippen molar-refractivity contribution in [3.63, 3.8) is 0 Å². The van der Waals surface area contributed by atoms with Crippen molar-refractivity contribution in [3.05, 3.63) is 0 Å². The minimum atomic E-state index is -3.23. The van der Waals surface area contributed by atoms with E-state index < -0.39 is 21.8 Å². The second-order valence-electron chi connectivity index (χ2n) is 5.51. The molecule has 0 radical (unpaired) electrons. The Hall–Kier alpha value is -1.11. The lowest BCUT2D eigenvalue weighted by molar-refractivity contribution is -0.142. The van der Waals surface area contributed by atoms with Crippen molar-refractivity contribution < 1.29 is 23.1 Å². The van der Waals surface area contributed by atoms with Crippen LogP contribution in [-0.4, -0.2) is 43.5 Å². The molecule has 7 heteroatoms. The van der Waals surface area contributed by atoms with Crippen LogP contribution in [0.3, 0.4) is 0 Å². The Morgan fingerprint density at radius 2 is 1.75 bits per heavy atom. The number of carbonyl (C=O) groups is 2. The molecule has 20 heavy (non-hydrogen) atoms. The maximum atomic E-state index is 12.1. The zero-order valence-corrected chi connectivity index (χ0v) is 12.6. The van der Waals surface area contributed by atoms with Crippen molar-refractivity contribution in [2.24, 2.45) is 5.92 Å². The van der Waals surface area contributed by atoms with Gasteiger partial charge in [0.15, 0.2) is 0 Å². The van der Waals surface area contributed by atoms with Gasteiger partial charge in [0.05, 0.1) is 5.75 Å². The van der Waals surface area contributed by atoms with Gasteiger partial charge in [0, 0.05) is 12.2 Å². The molecule has 1 saturated carbocycles. The highest BCUT2D eigenvalue weighted by molar-refractivity contribution is 7.90. The molecular formula is C13H23NO5S. The van der Waals surface area contributed by atoms with Gasteiger partial charge in [-0.25, -0.2) is 13.2 Å². The number of hydrogen-bond donors (Lipinski definition) is 2. The number of amides is 1. The molecule has 0 spiro atoms. The lowest BCUT2D eigenvalue weighted by Crippen LogP contribution is -2.44. The molecule has 6 nitrogen and oxygen atoms in total. The molecule has 1 atom stereocenters. The van der Waals surface area contributed by atoms with E-state index in [1.807, 2.05) is 0 Å². The zero-order chi connectivity index (χ0) is 15.2. The molecule has 1 fully saturated rings. The highest BCUT2D eigenvalue weighted by atomic mass is 32.2. The summed E-state index contributed by atoms with van der Waals surface area (Å²) in [6.07, 6.45) is 6.72. The quantitative estimate of drug-likeness (QED) is 0.712. The summed E-state index contributed by atoms with van der Waals surface area (Å²) in [4.78, 5) is 23.2. The van der Waals surface area contributed by atoms with E-state index in [-0.39, 0.29) is 24.0 Å². The molecule has 0 bridgehead atoms. The SMILES string of the molecule is CS(=O)(=O)CCC(NC(=O)C1CCCCCC1)C(=O)O. The molecule has 1 rings (SSSR count). The molecule has 1 unspecified atom stereocenters. The van der Waals surface area contributed by atoms with Crippen molar-refractivity contribution in [1.29, 1.82) is 0 Å². The van der Waals surface area contributed by atoms with Crippen LogP contribution in [0.5, 0.6) is 0 Å². The number of carbonyl (C=O) groups excluding carboxylic acids is 1. The van der Waals surface area contributed by atoms with Crippen LogP contribution in [0.1, 0.15) is 44.9 Å². The largest absolute Gasteiger partial charge is 0.480 e. The summed E-state index contributed by atoms with van der Waals surface area (Å²) >= 11 is 0. The normalized spacial score (nSPS) is 19.1. The fraction of sp³-hybridized carbons (Fsp3) is 0.846. The topological polar surface area (TPSA) is 101 Å². The minimum absolute atomic E-state index is 0.0906. The van der Waals surface area contributed by atoms with E-state index in [0.29, 0.717) is 0 Å². The molecule has 0 heterocycles. The highest BCUT2D eigenvalue weighted by Gasteiger charge is 2.26. The average molecular weight is 305 g/mol. The van der Waals surface area contributed by atoms with E-state index in [9.17, 15) is 18.0 Å². The predicted molar refractivity (Wildman–Crippen MR) is 75.1 cm³/mol. The smallest absolute Gasteiger partial charge is 0.326 e. The number of nitrogens with one attached hydrogen (secondary N) is 1. The molecule has 1 amide bonds. The number of hydrogen-bond acceptors (Lipinski definition) is 4. The Balaban J connectivity index is 2.55. The molecule has 1 aliphatic carbocycles. The lowest BCUT2D eigenvalue weighted by Gasteiger charge is -2.19.